The van der Waals surface area contributed by atoms with Crippen LogP contribution in [0, 0.1) is 10.1 Å². The van der Waals surface area contributed by atoms with Crippen LogP contribution in [0.3, 0.4) is 0 Å². The fourth-order valence-electron chi connectivity index (χ4n) is 4.66. The minimum absolute atomic E-state index is 0.00803. The molecule has 7 heteroatoms. The zero-order valence-electron chi connectivity index (χ0n) is 19.4. The quantitative estimate of drug-likeness (QED) is 0.223. The highest BCUT2D eigenvalue weighted by Crippen LogP contribution is 2.46. The van der Waals surface area contributed by atoms with Gasteiger partial charge < -0.3 is 15.1 Å². The lowest BCUT2D eigenvalue weighted by molar-refractivity contribution is -0.385. The minimum Gasteiger partial charge on any atom is -0.361 e. The van der Waals surface area contributed by atoms with Gasteiger partial charge in [0.25, 0.3) is 5.69 Å². The molecule has 180 valence electrons. The molecule has 2 N–H and O–H groups in total. The van der Waals surface area contributed by atoms with Gasteiger partial charge in [-0.2, -0.15) is 0 Å². The average molecular weight is 480 g/mol. The number of non-ortho nitro benzene ring substituents is 1. The second-order valence-corrected chi connectivity index (χ2v) is 8.83. The van der Waals surface area contributed by atoms with Gasteiger partial charge in [0, 0.05) is 30.8 Å². The molecule has 0 spiro atoms. The summed E-state index contributed by atoms with van der Waals surface area (Å²) < 4.78 is 0. The van der Waals surface area contributed by atoms with E-state index in [1.165, 1.54) is 18.2 Å². The lowest BCUT2D eigenvalue weighted by Crippen LogP contribution is -2.47. The Morgan fingerprint density at radius 1 is 0.806 bits per heavy atom. The summed E-state index contributed by atoms with van der Waals surface area (Å²) in [7, 11) is 0. The van der Waals surface area contributed by atoms with E-state index < -0.39 is 16.6 Å². The number of nitro benzene ring substituents is 1. The van der Waals surface area contributed by atoms with E-state index in [1.54, 1.807) is 0 Å². The highest BCUT2D eigenvalue weighted by Gasteiger charge is 2.47. The Bertz CT molecular complexity index is 1350. The number of rotatable bonds is 6. The number of fused-ring (bicyclic) bond motifs is 1. The normalized spacial score (nSPS) is 16.1. The van der Waals surface area contributed by atoms with Crippen molar-refractivity contribution in [3.63, 3.8) is 0 Å². The number of amidine groups is 1. The SMILES string of the molecule is O=[N+]([O-])c1ccc2c(c1)C(O)(O)C(c1ccccc1)C(N(Cc1ccccc1)Cc1ccccc1)=N2. The standard InChI is InChI=1S/C29H25N3O4/c33-29(34)25-18-24(32(35)36)16-17-26(25)30-28(27(29)23-14-8-3-9-15-23)31(19-21-10-4-1-5-11-21)20-22-12-6-2-7-13-22/h1-18,27,33-34H,19-20H2. The Hall–Kier alpha value is -4.33. The summed E-state index contributed by atoms with van der Waals surface area (Å²) in [6.07, 6.45) is 0. The second-order valence-electron chi connectivity index (χ2n) is 8.83. The summed E-state index contributed by atoms with van der Waals surface area (Å²) in [5.41, 5.74) is 2.80. The number of aliphatic imine (C=N–C) groups is 1. The second kappa shape index (κ2) is 9.73. The summed E-state index contributed by atoms with van der Waals surface area (Å²) in [4.78, 5) is 17.8. The van der Waals surface area contributed by atoms with E-state index >= 15 is 0 Å². The van der Waals surface area contributed by atoms with Crippen LogP contribution in [0.4, 0.5) is 11.4 Å². The predicted octanol–water partition coefficient (Wildman–Crippen LogP) is 5.26. The smallest absolute Gasteiger partial charge is 0.270 e. The Kier molecular flexibility index (Phi) is 6.33. The molecule has 0 fully saturated rings. The molecule has 4 aromatic rings. The maximum Gasteiger partial charge on any atom is 0.270 e. The summed E-state index contributed by atoms with van der Waals surface area (Å²) in [6.45, 7) is 0.965. The third kappa shape index (κ3) is 4.62. The molecule has 1 heterocycles. The summed E-state index contributed by atoms with van der Waals surface area (Å²) >= 11 is 0. The first-order valence-electron chi connectivity index (χ1n) is 11.6. The van der Waals surface area contributed by atoms with Crippen molar-refractivity contribution in [1.29, 1.82) is 0 Å². The number of hydrogen-bond acceptors (Lipinski definition) is 6. The van der Waals surface area contributed by atoms with Gasteiger partial charge in [-0.3, -0.25) is 10.1 Å². The van der Waals surface area contributed by atoms with Gasteiger partial charge in [0.15, 0.2) is 0 Å². The molecule has 1 aliphatic rings. The van der Waals surface area contributed by atoms with Gasteiger partial charge in [-0.1, -0.05) is 91.0 Å². The van der Waals surface area contributed by atoms with E-state index in [4.69, 9.17) is 4.99 Å². The zero-order valence-corrected chi connectivity index (χ0v) is 19.4. The van der Waals surface area contributed by atoms with E-state index in [1.807, 2.05) is 95.9 Å². The van der Waals surface area contributed by atoms with Crippen molar-refractivity contribution in [2.24, 2.45) is 4.99 Å². The number of nitrogens with zero attached hydrogens (tertiary/aromatic N) is 3. The minimum atomic E-state index is -2.43. The van der Waals surface area contributed by atoms with Crippen molar-refractivity contribution in [2.75, 3.05) is 0 Å². The predicted molar refractivity (Wildman–Crippen MR) is 138 cm³/mol. The monoisotopic (exact) mass is 479 g/mol. The number of aliphatic hydroxyl groups is 2. The number of benzene rings is 4. The van der Waals surface area contributed by atoms with Crippen LogP contribution in [-0.4, -0.2) is 25.9 Å². The molecule has 1 atom stereocenters. The van der Waals surface area contributed by atoms with Gasteiger partial charge in [-0.15, -0.1) is 0 Å². The molecule has 0 saturated carbocycles. The Labute approximate surface area is 208 Å². The molecular weight excluding hydrogens is 454 g/mol. The van der Waals surface area contributed by atoms with Crippen LogP contribution in [0.15, 0.2) is 114 Å². The van der Waals surface area contributed by atoms with Crippen molar-refractivity contribution in [3.05, 3.63) is 142 Å². The first-order chi connectivity index (χ1) is 17.4. The lowest BCUT2D eigenvalue weighted by atomic mass is 9.81. The van der Waals surface area contributed by atoms with Gasteiger partial charge in [0.05, 0.1) is 10.6 Å². The van der Waals surface area contributed by atoms with E-state index in [2.05, 4.69) is 0 Å². The van der Waals surface area contributed by atoms with Gasteiger partial charge in [-0.25, -0.2) is 4.99 Å². The Morgan fingerprint density at radius 3 is 1.86 bits per heavy atom. The van der Waals surface area contributed by atoms with Crippen LogP contribution in [0.1, 0.15) is 28.2 Å². The molecule has 0 aliphatic carbocycles. The van der Waals surface area contributed by atoms with E-state index in [9.17, 15) is 20.3 Å². The fraction of sp³-hybridized carbons (Fsp3) is 0.138. The van der Waals surface area contributed by atoms with Crippen LogP contribution in [0.25, 0.3) is 0 Å². The maximum atomic E-state index is 11.6. The van der Waals surface area contributed by atoms with Gasteiger partial charge in [-0.05, 0) is 22.8 Å². The lowest BCUT2D eigenvalue weighted by Gasteiger charge is -2.41. The number of hydrogen-bond donors (Lipinski definition) is 2. The number of nitro groups is 1. The Morgan fingerprint density at radius 2 is 1.33 bits per heavy atom. The van der Waals surface area contributed by atoms with Gasteiger partial charge in [0.1, 0.15) is 11.8 Å². The van der Waals surface area contributed by atoms with Crippen molar-refractivity contribution in [2.45, 2.75) is 24.8 Å². The van der Waals surface area contributed by atoms with Gasteiger partial charge in [0.2, 0.25) is 5.79 Å². The molecule has 36 heavy (non-hydrogen) atoms. The topological polar surface area (TPSA) is 99.2 Å². The highest BCUT2D eigenvalue weighted by molar-refractivity contribution is 5.95. The van der Waals surface area contributed by atoms with Crippen LogP contribution < -0.4 is 0 Å². The van der Waals surface area contributed by atoms with Crippen molar-refractivity contribution >= 4 is 17.2 Å². The molecule has 1 unspecified atom stereocenters. The molecule has 1 aliphatic heterocycles. The van der Waals surface area contributed by atoms with Crippen LogP contribution >= 0.6 is 0 Å². The third-order valence-electron chi connectivity index (χ3n) is 6.37. The molecular formula is C29H25N3O4. The van der Waals surface area contributed by atoms with Gasteiger partial charge >= 0.3 is 0 Å². The Balaban J connectivity index is 1.69. The van der Waals surface area contributed by atoms with E-state index in [0.717, 1.165) is 11.1 Å². The van der Waals surface area contributed by atoms with Crippen molar-refractivity contribution < 1.29 is 15.1 Å². The molecule has 0 amide bonds. The zero-order chi connectivity index (χ0) is 25.1. The third-order valence-corrected chi connectivity index (χ3v) is 6.37. The first-order valence-corrected chi connectivity index (χ1v) is 11.6. The van der Waals surface area contributed by atoms with Crippen molar-refractivity contribution in [3.8, 4) is 0 Å². The fourth-order valence-corrected chi connectivity index (χ4v) is 4.66. The average Bonchev–Trinajstić information content (AvgIpc) is 2.89. The molecule has 0 bridgehead atoms. The molecule has 5 rings (SSSR count). The van der Waals surface area contributed by atoms with E-state index in [0.29, 0.717) is 30.2 Å². The van der Waals surface area contributed by atoms with E-state index in [-0.39, 0.29) is 11.3 Å². The molecule has 0 aromatic heterocycles. The maximum absolute atomic E-state index is 11.6. The summed E-state index contributed by atoms with van der Waals surface area (Å²) in [5, 5.41) is 34.7. The first kappa shape index (κ1) is 23.4. The summed E-state index contributed by atoms with van der Waals surface area (Å²) in [6, 6.07) is 32.9. The molecule has 0 saturated heterocycles. The molecule has 0 radical (unpaired) electrons. The van der Waals surface area contributed by atoms with Crippen LogP contribution in [-0.2, 0) is 18.9 Å². The van der Waals surface area contributed by atoms with Crippen molar-refractivity contribution in [1.82, 2.24) is 4.90 Å². The largest absolute Gasteiger partial charge is 0.361 e. The summed E-state index contributed by atoms with van der Waals surface area (Å²) in [5.74, 6) is -2.92. The molecule has 7 nitrogen and oxygen atoms in total. The highest BCUT2D eigenvalue weighted by atomic mass is 16.6. The van der Waals surface area contributed by atoms with Crippen LogP contribution in [0.5, 0.6) is 0 Å². The van der Waals surface area contributed by atoms with Crippen LogP contribution in [0.2, 0.25) is 0 Å². The molecule has 4 aromatic carbocycles.